The molecule has 1 atom stereocenters. The highest BCUT2D eigenvalue weighted by Crippen LogP contribution is 2.24. The molecule has 15 heavy (non-hydrogen) atoms. The van der Waals surface area contributed by atoms with Crippen molar-refractivity contribution < 1.29 is 9.47 Å². The van der Waals surface area contributed by atoms with Crippen LogP contribution < -0.4 is 4.74 Å². The summed E-state index contributed by atoms with van der Waals surface area (Å²) in [7, 11) is 0. The Kier molecular flexibility index (Phi) is 3.65. The number of hydrogen-bond donors (Lipinski definition) is 0. The average molecular weight is 271 g/mol. The Morgan fingerprint density at radius 3 is 3.00 bits per heavy atom. The minimum Gasteiger partial charge on any atom is -0.488 e. The van der Waals surface area contributed by atoms with Gasteiger partial charge in [-0.1, -0.05) is 22.0 Å². The minimum atomic E-state index is 0.216. The van der Waals surface area contributed by atoms with Gasteiger partial charge in [0.1, 0.15) is 11.9 Å². The highest BCUT2D eigenvalue weighted by molar-refractivity contribution is 9.10. The smallest absolute Gasteiger partial charge is 0.122 e. The van der Waals surface area contributed by atoms with Gasteiger partial charge in [0.05, 0.1) is 6.61 Å². The first kappa shape index (κ1) is 11.0. The molecule has 1 heterocycles. The fraction of sp³-hybridized carbons (Fsp3) is 0.500. The molecule has 1 aromatic rings. The number of ether oxygens (including phenoxy) is 2. The maximum Gasteiger partial charge on any atom is 0.122 e. The Labute approximate surface area is 98.7 Å². The molecule has 0 saturated carbocycles. The summed E-state index contributed by atoms with van der Waals surface area (Å²) < 4.78 is 12.3. The predicted octanol–water partition coefficient (Wildman–Crippen LogP) is 3.32. The van der Waals surface area contributed by atoms with Gasteiger partial charge in [-0.05, 0) is 37.5 Å². The topological polar surface area (TPSA) is 18.5 Å². The lowest BCUT2D eigenvalue weighted by Gasteiger charge is -2.23. The van der Waals surface area contributed by atoms with Gasteiger partial charge in [0.15, 0.2) is 0 Å². The maximum absolute atomic E-state index is 5.84. The van der Waals surface area contributed by atoms with Gasteiger partial charge in [-0.2, -0.15) is 0 Å². The lowest BCUT2D eigenvalue weighted by Crippen LogP contribution is -2.27. The van der Waals surface area contributed by atoms with Crippen molar-refractivity contribution in [3.8, 4) is 5.75 Å². The van der Waals surface area contributed by atoms with Gasteiger partial charge >= 0.3 is 0 Å². The van der Waals surface area contributed by atoms with Gasteiger partial charge in [-0.25, -0.2) is 0 Å². The normalized spacial score (nSPS) is 21.3. The van der Waals surface area contributed by atoms with Crippen LogP contribution in [0.15, 0.2) is 22.7 Å². The van der Waals surface area contributed by atoms with Gasteiger partial charge in [-0.15, -0.1) is 0 Å². The molecule has 3 heteroatoms. The first-order valence-corrected chi connectivity index (χ1v) is 6.05. The third-order valence-corrected chi connectivity index (χ3v) is 3.42. The largest absolute Gasteiger partial charge is 0.488 e. The van der Waals surface area contributed by atoms with Crippen molar-refractivity contribution in [2.45, 2.75) is 25.9 Å². The van der Waals surface area contributed by atoms with Crippen LogP contribution in [-0.2, 0) is 4.74 Å². The van der Waals surface area contributed by atoms with Crippen molar-refractivity contribution >= 4 is 15.9 Å². The second-order valence-corrected chi connectivity index (χ2v) is 4.72. The SMILES string of the molecule is Cc1ccc(OC2CCCOC2)cc1Br. The number of halogens is 1. The summed E-state index contributed by atoms with van der Waals surface area (Å²) in [5.41, 5.74) is 1.22. The number of aryl methyl sites for hydroxylation is 1. The molecule has 1 unspecified atom stereocenters. The zero-order valence-corrected chi connectivity index (χ0v) is 10.4. The van der Waals surface area contributed by atoms with Crippen LogP contribution in [0.1, 0.15) is 18.4 Å². The molecule has 0 radical (unpaired) electrons. The first-order valence-electron chi connectivity index (χ1n) is 5.26. The fourth-order valence-corrected chi connectivity index (χ4v) is 2.00. The lowest BCUT2D eigenvalue weighted by atomic mass is 10.2. The summed E-state index contributed by atoms with van der Waals surface area (Å²) >= 11 is 3.50. The molecule has 0 aromatic heterocycles. The molecule has 1 aliphatic rings. The van der Waals surface area contributed by atoms with Gasteiger partial charge < -0.3 is 9.47 Å². The van der Waals surface area contributed by atoms with E-state index in [1.807, 2.05) is 12.1 Å². The molecule has 0 bridgehead atoms. The highest BCUT2D eigenvalue weighted by atomic mass is 79.9. The fourth-order valence-electron chi connectivity index (χ4n) is 1.64. The van der Waals surface area contributed by atoms with Crippen LogP contribution in [0.25, 0.3) is 0 Å². The molecule has 1 saturated heterocycles. The summed E-state index contributed by atoms with van der Waals surface area (Å²) in [4.78, 5) is 0. The summed E-state index contributed by atoms with van der Waals surface area (Å²) in [5, 5.41) is 0. The molecule has 1 aromatic carbocycles. The molecule has 0 aliphatic carbocycles. The van der Waals surface area contributed by atoms with E-state index >= 15 is 0 Å². The second kappa shape index (κ2) is 4.99. The molecule has 82 valence electrons. The number of benzene rings is 1. The summed E-state index contributed by atoms with van der Waals surface area (Å²) in [6.07, 6.45) is 2.40. The lowest BCUT2D eigenvalue weighted by molar-refractivity contribution is 0.00740. The molecule has 2 rings (SSSR count). The zero-order chi connectivity index (χ0) is 10.7. The van der Waals surface area contributed by atoms with Crippen LogP contribution in [0.2, 0.25) is 0 Å². The van der Waals surface area contributed by atoms with Crippen molar-refractivity contribution in [1.82, 2.24) is 0 Å². The Balaban J connectivity index is 2.00. The number of hydrogen-bond acceptors (Lipinski definition) is 2. The van der Waals surface area contributed by atoms with Crippen LogP contribution in [0.4, 0.5) is 0 Å². The van der Waals surface area contributed by atoms with Crippen molar-refractivity contribution in [2.24, 2.45) is 0 Å². The minimum absolute atomic E-state index is 0.216. The van der Waals surface area contributed by atoms with E-state index in [2.05, 4.69) is 28.9 Å². The van der Waals surface area contributed by atoms with E-state index in [1.54, 1.807) is 0 Å². The standard InChI is InChI=1S/C12H15BrO2/c1-9-4-5-10(7-12(9)13)15-11-3-2-6-14-8-11/h4-5,7,11H,2-3,6,8H2,1H3. The Morgan fingerprint density at radius 1 is 1.47 bits per heavy atom. The molecule has 1 aliphatic heterocycles. The zero-order valence-electron chi connectivity index (χ0n) is 8.83. The second-order valence-electron chi connectivity index (χ2n) is 3.87. The van der Waals surface area contributed by atoms with Crippen LogP contribution in [-0.4, -0.2) is 19.3 Å². The van der Waals surface area contributed by atoms with Gasteiger partial charge in [0, 0.05) is 11.1 Å². The van der Waals surface area contributed by atoms with Crippen LogP contribution in [0.3, 0.4) is 0 Å². The molecular weight excluding hydrogens is 256 g/mol. The van der Waals surface area contributed by atoms with Gasteiger partial charge in [0.25, 0.3) is 0 Å². The third-order valence-electron chi connectivity index (χ3n) is 2.56. The van der Waals surface area contributed by atoms with Crippen LogP contribution in [0, 0.1) is 6.92 Å². The number of rotatable bonds is 2. The summed E-state index contributed by atoms with van der Waals surface area (Å²) in [6.45, 7) is 3.65. The van der Waals surface area contributed by atoms with Gasteiger partial charge in [-0.3, -0.25) is 0 Å². The Hall–Kier alpha value is -0.540. The molecule has 0 amide bonds. The molecular formula is C12H15BrO2. The van der Waals surface area contributed by atoms with Crippen LogP contribution >= 0.6 is 15.9 Å². The molecule has 1 fully saturated rings. The van der Waals surface area contributed by atoms with E-state index in [0.717, 1.165) is 29.7 Å². The molecule has 0 N–H and O–H groups in total. The van der Waals surface area contributed by atoms with E-state index in [9.17, 15) is 0 Å². The average Bonchev–Trinajstić information content (AvgIpc) is 2.25. The van der Waals surface area contributed by atoms with Crippen molar-refractivity contribution in [3.05, 3.63) is 28.2 Å². The Morgan fingerprint density at radius 2 is 2.33 bits per heavy atom. The van der Waals surface area contributed by atoms with Crippen molar-refractivity contribution in [3.63, 3.8) is 0 Å². The quantitative estimate of drug-likeness (QED) is 0.821. The summed E-state index contributed by atoms with van der Waals surface area (Å²) in [5.74, 6) is 0.919. The van der Waals surface area contributed by atoms with E-state index in [0.29, 0.717) is 6.61 Å². The monoisotopic (exact) mass is 270 g/mol. The molecule has 2 nitrogen and oxygen atoms in total. The maximum atomic E-state index is 5.84. The van der Waals surface area contributed by atoms with Crippen molar-refractivity contribution in [2.75, 3.05) is 13.2 Å². The van der Waals surface area contributed by atoms with Crippen molar-refractivity contribution in [1.29, 1.82) is 0 Å². The van der Waals surface area contributed by atoms with E-state index in [1.165, 1.54) is 5.56 Å². The Bertz CT molecular complexity index is 332. The van der Waals surface area contributed by atoms with Gasteiger partial charge in [0.2, 0.25) is 0 Å². The summed E-state index contributed by atoms with van der Waals surface area (Å²) in [6, 6.07) is 6.09. The van der Waals surface area contributed by atoms with E-state index in [-0.39, 0.29) is 6.10 Å². The first-order chi connectivity index (χ1) is 7.25. The van der Waals surface area contributed by atoms with E-state index < -0.39 is 0 Å². The van der Waals surface area contributed by atoms with Crippen LogP contribution in [0.5, 0.6) is 5.75 Å². The molecule has 0 spiro atoms. The predicted molar refractivity (Wildman–Crippen MR) is 63.3 cm³/mol. The highest BCUT2D eigenvalue weighted by Gasteiger charge is 2.15. The van der Waals surface area contributed by atoms with E-state index in [4.69, 9.17) is 9.47 Å². The third kappa shape index (κ3) is 2.95.